The lowest BCUT2D eigenvalue weighted by molar-refractivity contribution is -0.130. The number of carbonyl (C=O) groups excluding carboxylic acids is 1. The fraction of sp³-hybridized carbons (Fsp3) is 0.364. The van der Waals surface area contributed by atoms with E-state index in [0.29, 0.717) is 34.8 Å². The van der Waals surface area contributed by atoms with Crippen LogP contribution in [0.3, 0.4) is 0 Å². The highest BCUT2D eigenvalue weighted by molar-refractivity contribution is 7.90. The second-order valence-electron chi connectivity index (χ2n) is 11.6. The van der Waals surface area contributed by atoms with Crippen molar-refractivity contribution in [1.82, 2.24) is 19.8 Å². The van der Waals surface area contributed by atoms with E-state index in [-0.39, 0.29) is 10.8 Å². The molecule has 2 saturated heterocycles. The molecule has 2 aliphatic heterocycles. The number of fused-ring (bicyclic) bond motifs is 1. The molecule has 0 atom stereocenters. The summed E-state index contributed by atoms with van der Waals surface area (Å²) in [7, 11) is -1.81. The Labute approximate surface area is 264 Å². The van der Waals surface area contributed by atoms with Crippen molar-refractivity contribution in [3.63, 3.8) is 0 Å². The first-order valence-corrected chi connectivity index (χ1v) is 17.1. The van der Waals surface area contributed by atoms with E-state index in [1.165, 1.54) is 6.26 Å². The Morgan fingerprint density at radius 3 is 2.29 bits per heavy atom. The molecule has 0 spiro atoms. The van der Waals surface area contributed by atoms with Crippen LogP contribution in [0, 0.1) is 0 Å². The smallest absolute Gasteiger partial charge is 0.229 e. The summed E-state index contributed by atoms with van der Waals surface area (Å²) in [4.78, 5) is 28.2. The molecule has 3 heterocycles. The van der Waals surface area contributed by atoms with Crippen LogP contribution >= 0.6 is 0 Å². The van der Waals surface area contributed by atoms with Crippen molar-refractivity contribution < 1.29 is 17.9 Å². The third-order valence-corrected chi connectivity index (χ3v) is 9.83. The second-order valence-corrected chi connectivity index (χ2v) is 13.6. The standard InChI is InChI=1S/C33H39N7O4S/c1-23(41)38-18-20-40(21-19-38)24-14-16-39(17-15-24)25-12-13-28(30(22-25)44-2)36-33-35-27-9-5-4-8-26(27)32(37-33)34-29-10-6-7-11-31(29)45(3,42)43/h4-13,22,24H,14-21H2,1-3H3,(H2,34,35,36,37). The van der Waals surface area contributed by atoms with Gasteiger partial charge in [-0.3, -0.25) is 9.69 Å². The Morgan fingerprint density at radius 2 is 1.58 bits per heavy atom. The van der Waals surface area contributed by atoms with Gasteiger partial charge in [-0.25, -0.2) is 13.4 Å². The highest BCUT2D eigenvalue weighted by Crippen LogP contribution is 2.35. The lowest BCUT2D eigenvalue weighted by Crippen LogP contribution is -2.54. The van der Waals surface area contributed by atoms with E-state index in [4.69, 9.17) is 14.7 Å². The molecule has 236 valence electrons. The van der Waals surface area contributed by atoms with Crippen LogP contribution in [0.1, 0.15) is 19.8 Å². The van der Waals surface area contributed by atoms with Gasteiger partial charge in [0.15, 0.2) is 9.84 Å². The number of hydrogen-bond acceptors (Lipinski definition) is 10. The summed E-state index contributed by atoms with van der Waals surface area (Å²) in [6.45, 7) is 7.06. The van der Waals surface area contributed by atoms with Crippen LogP contribution < -0.4 is 20.3 Å². The number of piperidine rings is 1. The molecule has 12 heteroatoms. The zero-order chi connectivity index (χ0) is 31.6. The number of sulfone groups is 1. The van der Waals surface area contributed by atoms with E-state index in [9.17, 15) is 13.2 Å². The largest absolute Gasteiger partial charge is 0.494 e. The molecule has 2 fully saturated rings. The van der Waals surface area contributed by atoms with Crippen LogP contribution in [-0.2, 0) is 14.6 Å². The van der Waals surface area contributed by atoms with Crippen molar-refractivity contribution in [2.45, 2.75) is 30.7 Å². The molecule has 1 aromatic heterocycles. The number of hydrogen-bond donors (Lipinski definition) is 2. The molecule has 6 rings (SSSR count). The number of benzene rings is 3. The minimum atomic E-state index is -3.46. The average molecular weight is 630 g/mol. The predicted molar refractivity (Wildman–Crippen MR) is 178 cm³/mol. The van der Waals surface area contributed by atoms with Crippen LogP contribution in [0.4, 0.5) is 28.8 Å². The number of ether oxygens (including phenoxy) is 1. The van der Waals surface area contributed by atoms with Gasteiger partial charge in [-0.2, -0.15) is 4.98 Å². The Bertz CT molecular complexity index is 1800. The molecule has 0 radical (unpaired) electrons. The number of aromatic nitrogens is 2. The van der Waals surface area contributed by atoms with Gasteiger partial charge in [0.2, 0.25) is 11.9 Å². The third kappa shape index (κ3) is 6.81. The van der Waals surface area contributed by atoms with Crippen LogP contribution in [0.5, 0.6) is 5.75 Å². The van der Waals surface area contributed by atoms with E-state index in [1.54, 1.807) is 38.3 Å². The minimum Gasteiger partial charge on any atom is -0.494 e. The maximum absolute atomic E-state index is 12.4. The van der Waals surface area contributed by atoms with Crippen LogP contribution in [0.2, 0.25) is 0 Å². The van der Waals surface area contributed by atoms with Crippen molar-refractivity contribution in [2.75, 3.05) is 68.2 Å². The quantitative estimate of drug-likeness (QED) is 0.285. The van der Waals surface area contributed by atoms with Crippen molar-refractivity contribution in [2.24, 2.45) is 0 Å². The van der Waals surface area contributed by atoms with Gasteiger partial charge in [0.25, 0.3) is 0 Å². The molecule has 1 amide bonds. The molecule has 45 heavy (non-hydrogen) atoms. The number of para-hydroxylation sites is 2. The molecule has 0 unspecified atom stereocenters. The Kier molecular flexibility index (Phi) is 8.77. The first-order valence-electron chi connectivity index (χ1n) is 15.2. The molecule has 0 saturated carbocycles. The fourth-order valence-electron chi connectivity index (χ4n) is 6.24. The topological polar surface area (TPSA) is 120 Å². The van der Waals surface area contributed by atoms with E-state index in [2.05, 4.69) is 26.5 Å². The van der Waals surface area contributed by atoms with Crippen molar-refractivity contribution in [1.29, 1.82) is 0 Å². The number of nitrogens with one attached hydrogen (secondary N) is 2. The normalized spacial score (nSPS) is 16.5. The first-order chi connectivity index (χ1) is 21.7. The Morgan fingerprint density at radius 1 is 0.867 bits per heavy atom. The van der Waals surface area contributed by atoms with Crippen LogP contribution in [0.15, 0.2) is 71.6 Å². The molecular weight excluding hydrogens is 590 g/mol. The van der Waals surface area contributed by atoms with Crippen LogP contribution in [-0.4, -0.2) is 92.8 Å². The van der Waals surface area contributed by atoms with Crippen molar-refractivity contribution >= 4 is 55.5 Å². The number of nitrogens with zero attached hydrogens (tertiary/aromatic N) is 5. The summed E-state index contributed by atoms with van der Waals surface area (Å²) < 4.78 is 30.7. The molecule has 0 aliphatic carbocycles. The van der Waals surface area contributed by atoms with E-state index in [0.717, 1.165) is 68.9 Å². The highest BCUT2D eigenvalue weighted by atomic mass is 32.2. The van der Waals surface area contributed by atoms with Gasteiger partial charge in [0, 0.05) is 75.6 Å². The SMILES string of the molecule is COc1cc(N2CCC(N3CCN(C(C)=O)CC3)CC2)ccc1Nc1nc(Nc2ccccc2S(C)(=O)=O)c2ccccc2n1. The molecule has 4 aromatic rings. The number of methoxy groups -OCH3 is 1. The summed E-state index contributed by atoms with van der Waals surface area (Å²) in [5, 5.41) is 7.32. The maximum Gasteiger partial charge on any atom is 0.229 e. The second kappa shape index (κ2) is 12.9. The zero-order valence-electron chi connectivity index (χ0n) is 25.9. The summed E-state index contributed by atoms with van der Waals surface area (Å²) in [6, 6.07) is 21.0. The van der Waals surface area contributed by atoms with Crippen LogP contribution in [0.25, 0.3) is 10.9 Å². The third-order valence-electron chi connectivity index (χ3n) is 8.68. The van der Waals surface area contributed by atoms with Gasteiger partial charge in [-0.15, -0.1) is 0 Å². The molecule has 11 nitrogen and oxygen atoms in total. The lowest BCUT2D eigenvalue weighted by atomic mass is 10.0. The van der Waals surface area contributed by atoms with Crippen molar-refractivity contribution in [3.05, 3.63) is 66.7 Å². The molecule has 3 aromatic carbocycles. The fourth-order valence-corrected chi connectivity index (χ4v) is 7.08. The number of piperazine rings is 1. The number of anilines is 5. The van der Waals surface area contributed by atoms with E-state index in [1.807, 2.05) is 41.3 Å². The predicted octanol–water partition coefficient (Wildman–Crippen LogP) is 4.66. The monoisotopic (exact) mass is 629 g/mol. The molecule has 2 N–H and O–H groups in total. The lowest BCUT2D eigenvalue weighted by Gasteiger charge is -2.43. The summed E-state index contributed by atoms with van der Waals surface area (Å²) in [5.74, 6) is 1.67. The van der Waals surface area contributed by atoms with E-state index < -0.39 is 9.84 Å². The molecule has 0 bridgehead atoms. The first kappa shape index (κ1) is 30.6. The van der Waals surface area contributed by atoms with Gasteiger partial charge < -0.3 is 25.2 Å². The number of amides is 1. The number of rotatable bonds is 8. The van der Waals surface area contributed by atoms with Crippen molar-refractivity contribution in [3.8, 4) is 5.75 Å². The highest BCUT2D eigenvalue weighted by Gasteiger charge is 2.28. The summed E-state index contributed by atoms with van der Waals surface area (Å²) >= 11 is 0. The molecular formula is C33H39N7O4S. The van der Waals surface area contributed by atoms with Gasteiger partial charge in [0.1, 0.15) is 11.6 Å². The van der Waals surface area contributed by atoms with Gasteiger partial charge in [-0.05, 0) is 49.2 Å². The summed E-state index contributed by atoms with van der Waals surface area (Å²) in [6.07, 6.45) is 3.34. The summed E-state index contributed by atoms with van der Waals surface area (Å²) in [5.41, 5.74) is 2.96. The van der Waals surface area contributed by atoms with Gasteiger partial charge >= 0.3 is 0 Å². The van der Waals surface area contributed by atoms with Gasteiger partial charge in [-0.1, -0.05) is 24.3 Å². The zero-order valence-corrected chi connectivity index (χ0v) is 26.7. The van der Waals surface area contributed by atoms with E-state index >= 15 is 0 Å². The number of carbonyl (C=O) groups is 1. The maximum atomic E-state index is 12.4. The Hall–Kier alpha value is -4.42. The molecule has 2 aliphatic rings. The van der Waals surface area contributed by atoms with Gasteiger partial charge in [0.05, 0.1) is 28.9 Å². The average Bonchev–Trinajstić information content (AvgIpc) is 3.05. The Balaban J connectivity index is 1.18. The minimum absolute atomic E-state index is 0.163.